The number of hydrogen-bond donors (Lipinski definition) is 3. The molecule has 5 aromatic rings. The summed E-state index contributed by atoms with van der Waals surface area (Å²) >= 11 is 0. The van der Waals surface area contributed by atoms with Gasteiger partial charge in [0.25, 0.3) is 5.91 Å². The number of nitrogen functional groups attached to an aromatic ring is 1. The average molecular weight is 515 g/mol. The van der Waals surface area contributed by atoms with Crippen LogP contribution in [0.5, 0.6) is 0 Å². The molecule has 0 aromatic heterocycles. The van der Waals surface area contributed by atoms with Crippen LogP contribution in [-0.2, 0) is 0 Å². The summed E-state index contributed by atoms with van der Waals surface area (Å²) in [6, 6.07) is 48.1. The van der Waals surface area contributed by atoms with Gasteiger partial charge in [-0.15, -0.1) is 0 Å². The van der Waals surface area contributed by atoms with E-state index in [1.54, 1.807) is 0 Å². The number of amides is 1. The Hall–Kier alpha value is -4.66. The molecule has 0 aliphatic heterocycles. The first-order valence-electron chi connectivity index (χ1n) is 12.4. The third kappa shape index (κ3) is 5.08. The van der Waals surface area contributed by atoms with Crippen molar-refractivity contribution in [1.82, 2.24) is 5.32 Å². The van der Waals surface area contributed by atoms with Gasteiger partial charge in [0.05, 0.1) is 17.6 Å². The lowest BCUT2D eigenvalue weighted by Gasteiger charge is -2.29. The van der Waals surface area contributed by atoms with Crippen LogP contribution in [0, 0.1) is 0 Å². The highest BCUT2D eigenvalue weighted by atomic mass is 31.2. The number of benzene rings is 5. The van der Waals surface area contributed by atoms with Crippen molar-refractivity contribution in [2.45, 2.75) is 0 Å². The summed E-state index contributed by atoms with van der Waals surface area (Å²) in [6.07, 6.45) is 1.91. The maximum Gasteiger partial charge on any atom is 0.258 e. The summed E-state index contributed by atoms with van der Waals surface area (Å²) in [5, 5.41) is 10.1. The van der Waals surface area contributed by atoms with Crippen molar-refractivity contribution in [2.24, 2.45) is 0 Å². The maximum atomic E-state index is 13.7. The van der Waals surface area contributed by atoms with Gasteiger partial charge in [0.15, 0.2) is 12.7 Å². The second-order valence-corrected chi connectivity index (χ2v) is 12.1. The zero-order chi connectivity index (χ0) is 26.2. The molecular formula is C33H29N3OP+. The van der Waals surface area contributed by atoms with Crippen molar-refractivity contribution in [1.29, 1.82) is 0 Å². The molecule has 0 atom stereocenters. The number of rotatable bonds is 8. The van der Waals surface area contributed by atoms with E-state index in [-0.39, 0.29) is 5.91 Å². The molecule has 5 aromatic carbocycles. The lowest BCUT2D eigenvalue weighted by Crippen LogP contribution is -2.38. The van der Waals surface area contributed by atoms with Gasteiger partial charge < -0.3 is 11.1 Å². The Balaban J connectivity index is 1.78. The molecule has 0 heterocycles. The van der Waals surface area contributed by atoms with Crippen LogP contribution in [0.25, 0.3) is 0 Å². The van der Waals surface area contributed by atoms with Gasteiger partial charge in [-0.05, 0) is 60.7 Å². The van der Waals surface area contributed by atoms with Crippen molar-refractivity contribution in [2.75, 3.05) is 11.1 Å². The van der Waals surface area contributed by atoms with E-state index in [1.807, 2.05) is 79.0 Å². The van der Waals surface area contributed by atoms with E-state index in [9.17, 15) is 4.79 Å². The quantitative estimate of drug-likeness (QED) is 0.178. The van der Waals surface area contributed by atoms with Crippen molar-refractivity contribution in [3.63, 3.8) is 0 Å². The second kappa shape index (κ2) is 11.6. The Morgan fingerprint density at radius 2 is 1.00 bits per heavy atom. The van der Waals surface area contributed by atoms with Gasteiger partial charge in [0, 0.05) is 5.56 Å². The van der Waals surface area contributed by atoms with Crippen LogP contribution in [0.4, 0.5) is 11.4 Å². The van der Waals surface area contributed by atoms with Crippen LogP contribution < -0.4 is 32.3 Å². The number of para-hydroxylation sites is 2. The maximum absolute atomic E-state index is 13.7. The molecule has 0 aliphatic carbocycles. The zero-order valence-electron chi connectivity index (χ0n) is 20.9. The van der Waals surface area contributed by atoms with Crippen LogP contribution >= 0.6 is 7.26 Å². The van der Waals surface area contributed by atoms with Gasteiger partial charge in [0.1, 0.15) is 15.9 Å². The number of nitrogens with two attached hydrogens (primary N) is 1. The van der Waals surface area contributed by atoms with E-state index in [0.717, 1.165) is 27.0 Å². The molecule has 0 aliphatic rings. The van der Waals surface area contributed by atoms with Crippen LogP contribution in [0.3, 0.4) is 0 Å². The minimum absolute atomic E-state index is 0.174. The largest absolute Gasteiger partial charge is 0.397 e. The SMILES string of the molecule is Nc1ccccc1N/C=C(\NC(=O)c1ccccc1)[P+](c1ccccc1)(c1ccccc1)c1ccccc1. The molecule has 0 spiro atoms. The third-order valence-corrected chi connectivity index (χ3v) is 10.6. The van der Waals surface area contributed by atoms with Crippen LogP contribution in [0.15, 0.2) is 157 Å². The van der Waals surface area contributed by atoms with Crippen LogP contribution in [0.1, 0.15) is 10.4 Å². The van der Waals surface area contributed by atoms with Crippen molar-refractivity contribution < 1.29 is 4.79 Å². The first-order valence-corrected chi connectivity index (χ1v) is 14.2. The molecule has 38 heavy (non-hydrogen) atoms. The summed E-state index contributed by atoms with van der Waals surface area (Å²) in [6.45, 7) is 0. The van der Waals surface area contributed by atoms with E-state index in [1.165, 1.54) is 0 Å². The molecule has 0 saturated carbocycles. The Labute approximate surface area is 224 Å². The number of carbonyl (C=O) groups excluding carboxylic acids is 1. The Bertz CT molecular complexity index is 1430. The zero-order valence-corrected chi connectivity index (χ0v) is 21.8. The predicted octanol–water partition coefficient (Wildman–Crippen LogP) is 5.90. The number of anilines is 2. The minimum atomic E-state index is -2.56. The molecule has 0 bridgehead atoms. The van der Waals surface area contributed by atoms with Gasteiger partial charge in [0.2, 0.25) is 0 Å². The molecule has 4 nitrogen and oxygen atoms in total. The fourth-order valence-corrected chi connectivity index (χ4v) is 8.70. The molecule has 0 radical (unpaired) electrons. The van der Waals surface area contributed by atoms with Gasteiger partial charge >= 0.3 is 0 Å². The average Bonchev–Trinajstić information content (AvgIpc) is 2.99. The van der Waals surface area contributed by atoms with Gasteiger partial charge in [-0.25, -0.2) is 0 Å². The van der Waals surface area contributed by atoms with E-state index >= 15 is 0 Å². The molecular weight excluding hydrogens is 485 g/mol. The summed E-state index contributed by atoms with van der Waals surface area (Å²) in [4.78, 5) is 13.7. The molecule has 0 fully saturated rings. The lowest BCUT2D eigenvalue weighted by atomic mass is 10.2. The molecule has 0 unspecified atom stereocenters. The normalized spacial score (nSPS) is 11.5. The second-order valence-electron chi connectivity index (χ2n) is 8.76. The van der Waals surface area contributed by atoms with E-state index in [4.69, 9.17) is 5.73 Å². The highest BCUT2D eigenvalue weighted by molar-refractivity contribution is 7.99. The molecule has 1 amide bonds. The van der Waals surface area contributed by atoms with Gasteiger partial charge in [-0.1, -0.05) is 84.9 Å². The molecule has 5 heteroatoms. The smallest absolute Gasteiger partial charge is 0.258 e. The summed E-state index contributed by atoms with van der Waals surface area (Å²) in [7, 11) is -2.56. The standard InChI is InChI=1S/C33H28N3OP/c34-30-23-13-14-24-31(30)35-25-32(36-33(37)26-15-5-1-6-16-26)38(27-17-7-2-8-18-27,28-19-9-3-10-20-28)29-21-11-4-12-22-29/h1-25,35H,34H2/p+1/b32-25+. The summed E-state index contributed by atoms with van der Waals surface area (Å²) in [5.74, 6) is -0.174. The number of nitrogens with one attached hydrogen (secondary N) is 2. The molecule has 4 N–H and O–H groups in total. The van der Waals surface area contributed by atoms with Crippen molar-refractivity contribution in [3.05, 3.63) is 163 Å². The summed E-state index contributed by atoms with van der Waals surface area (Å²) < 4.78 is 0. The number of hydrogen-bond acceptors (Lipinski definition) is 3. The molecule has 186 valence electrons. The number of carbonyl (C=O) groups is 1. The summed E-state index contributed by atoms with van der Waals surface area (Å²) in [5.41, 5.74) is 9.03. The Morgan fingerprint density at radius 1 is 0.579 bits per heavy atom. The monoisotopic (exact) mass is 514 g/mol. The molecule has 0 saturated heterocycles. The third-order valence-electron chi connectivity index (χ3n) is 6.39. The first-order chi connectivity index (χ1) is 18.7. The lowest BCUT2D eigenvalue weighted by molar-refractivity contribution is 0.0968. The predicted molar refractivity (Wildman–Crippen MR) is 162 cm³/mol. The fraction of sp³-hybridized carbons (Fsp3) is 0. The highest BCUT2D eigenvalue weighted by Crippen LogP contribution is 2.61. The van der Waals surface area contributed by atoms with E-state index in [2.05, 4.69) is 83.4 Å². The van der Waals surface area contributed by atoms with Crippen molar-refractivity contribution in [3.8, 4) is 0 Å². The Kier molecular flexibility index (Phi) is 7.63. The van der Waals surface area contributed by atoms with Gasteiger partial charge in [-0.2, -0.15) is 0 Å². The molecule has 5 rings (SSSR count). The van der Waals surface area contributed by atoms with E-state index in [0.29, 0.717) is 11.3 Å². The topological polar surface area (TPSA) is 67.2 Å². The first kappa shape index (κ1) is 25.0. The van der Waals surface area contributed by atoms with Crippen LogP contribution in [-0.4, -0.2) is 5.91 Å². The Morgan fingerprint density at radius 3 is 1.47 bits per heavy atom. The minimum Gasteiger partial charge on any atom is -0.397 e. The van der Waals surface area contributed by atoms with Gasteiger partial charge in [-0.3, -0.25) is 10.1 Å². The fourth-order valence-electron chi connectivity index (χ4n) is 4.59. The highest BCUT2D eigenvalue weighted by Gasteiger charge is 2.50. The van der Waals surface area contributed by atoms with Crippen LogP contribution in [0.2, 0.25) is 0 Å². The van der Waals surface area contributed by atoms with Crippen molar-refractivity contribution >= 4 is 40.5 Å². The van der Waals surface area contributed by atoms with E-state index < -0.39 is 7.26 Å².